The second-order valence-corrected chi connectivity index (χ2v) is 9.18. The van der Waals surface area contributed by atoms with Gasteiger partial charge in [-0.25, -0.2) is 4.98 Å². The molecular formula is C22H28N4O3S. The lowest BCUT2D eigenvalue weighted by Crippen LogP contribution is -2.62. The molecule has 4 fully saturated rings. The number of ether oxygens (including phenoxy) is 2. The number of fused-ring (bicyclic) bond motifs is 3. The van der Waals surface area contributed by atoms with Crippen molar-refractivity contribution >= 4 is 17.2 Å². The van der Waals surface area contributed by atoms with Crippen molar-refractivity contribution in [1.29, 1.82) is 0 Å². The van der Waals surface area contributed by atoms with Crippen LogP contribution in [0.4, 0.5) is 0 Å². The van der Waals surface area contributed by atoms with Gasteiger partial charge in [-0.2, -0.15) is 0 Å². The average Bonchev–Trinajstić information content (AvgIpc) is 3.26. The van der Waals surface area contributed by atoms with Crippen molar-refractivity contribution in [2.24, 2.45) is 5.92 Å². The normalized spacial score (nSPS) is 30.8. The highest BCUT2D eigenvalue weighted by Crippen LogP contribution is 2.32. The Hall–Kier alpha value is -2.00. The van der Waals surface area contributed by atoms with Gasteiger partial charge in [-0.05, 0) is 63.0 Å². The Bertz CT molecular complexity index is 871. The Morgan fingerprint density at radius 3 is 2.80 bits per heavy atom. The van der Waals surface area contributed by atoms with E-state index in [2.05, 4.69) is 27.4 Å². The second-order valence-electron chi connectivity index (χ2n) is 8.36. The molecule has 8 heteroatoms. The summed E-state index contributed by atoms with van der Waals surface area (Å²) in [4.78, 5) is 19.8. The van der Waals surface area contributed by atoms with Gasteiger partial charge < -0.3 is 20.1 Å². The van der Waals surface area contributed by atoms with E-state index >= 15 is 0 Å². The lowest BCUT2D eigenvalue weighted by Gasteiger charge is -2.49. The number of thiazole rings is 1. The van der Waals surface area contributed by atoms with E-state index in [1.54, 1.807) is 0 Å². The molecule has 0 spiro atoms. The number of morpholine rings is 1. The van der Waals surface area contributed by atoms with Crippen molar-refractivity contribution in [3.8, 4) is 10.9 Å². The molecule has 2 aromatic rings. The van der Waals surface area contributed by atoms with Gasteiger partial charge in [0.25, 0.3) is 11.1 Å². The zero-order chi connectivity index (χ0) is 20.5. The summed E-state index contributed by atoms with van der Waals surface area (Å²) >= 11 is 1.47. The van der Waals surface area contributed by atoms with Crippen LogP contribution in [0.1, 0.15) is 41.9 Å². The van der Waals surface area contributed by atoms with Crippen LogP contribution in [0.3, 0.4) is 0 Å². The van der Waals surface area contributed by atoms with Crippen LogP contribution in [0.2, 0.25) is 0 Å². The molecule has 7 nitrogen and oxygen atoms in total. The summed E-state index contributed by atoms with van der Waals surface area (Å²) in [5, 5.41) is 9.26. The fraction of sp³-hybridized carbons (Fsp3) is 0.545. The number of carbonyl (C=O) groups is 1. The summed E-state index contributed by atoms with van der Waals surface area (Å²) in [6.45, 7) is 6.75. The fourth-order valence-electron chi connectivity index (χ4n) is 4.79. The van der Waals surface area contributed by atoms with Gasteiger partial charge in [0.1, 0.15) is 5.75 Å². The lowest BCUT2D eigenvalue weighted by molar-refractivity contribution is 0.0217. The number of amides is 1. The third kappa shape index (κ3) is 4.09. The highest BCUT2D eigenvalue weighted by molar-refractivity contribution is 7.11. The highest BCUT2D eigenvalue weighted by atomic mass is 32.1. The number of hydrogen-bond acceptors (Lipinski definition) is 7. The average molecular weight is 429 g/mol. The predicted octanol–water partition coefficient (Wildman–Crippen LogP) is 2.81. The van der Waals surface area contributed by atoms with Crippen LogP contribution in [0, 0.1) is 5.92 Å². The van der Waals surface area contributed by atoms with Gasteiger partial charge in [0.2, 0.25) is 0 Å². The van der Waals surface area contributed by atoms with E-state index in [0.717, 1.165) is 31.9 Å². The van der Waals surface area contributed by atoms with Crippen LogP contribution in [-0.2, 0) is 4.74 Å². The van der Waals surface area contributed by atoms with Gasteiger partial charge >= 0.3 is 0 Å². The van der Waals surface area contributed by atoms with Crippen molar-refractivity contribution in [1.82, 2.24) is 20.5 Å². The molecular weight excluding hydrogens is 400 g/mol. The van der Waals surface area contributed by atoms with Crippen molar-refractivity contribution in [2.75, 3.05) is 32.8 Å². The second kappa shape index (κ2) is 8.63. The molecule has 1 aromatic heterocycles. The summed E-state index contributed by atoms with van der Waals surface area (Å²) < 4.78 is 11.4. The lowest BCUT2D eigenvalue weighted by atomic mass is 9.79. The molecule has 2 bridgehead atoms. The Kier molecular flexibility index (Phi) is 5.73. The van der Waals surface area contributed by atoms with Crippen molar-refractivity contribution in [3.05, 3.63) is 40.9 Å². The van der Waals surface area contributed by atoms with Gasteiger partial charge in [0.05, 0.1) is 24.9 Å². The molecule has 30 heavy (non-hydrogen) atoms. The van der Waals surface area contributed by atoms with Crippen molar-refractivity contribution in [2.45, 2.75) is 37.9 Å². The summed E-state index contributed by atoms with van der Waals surface area (Å²) in [7, 11) is 0. The minimum Gasteiger partial charge on any atom is -0.431 e. The Balaban J connectivity index is 1.19. The van der Waals surface area contributed by atoms with Gasteiger partial charge in [-0.15, -0.1) is 0 Å². The van der Waals surface area contributed by atoms with E-state index in [0.29, 0.717) is 35.1 Å². The Morgan fingerprint density at radius 1 is 1.30 bits per heavy atom. The molecule has 0 aliphatic carbocycles. The molecule has 0 radical (unpaired) electrons. The number of aromatic nitrogens is 1. The fourth-order valence-corrected chi connectivity index (χ4v) is 5.53. The first-order valence-corrected chi connectivity index (χ1v) is 11.6. The molecule has 4 aliphatic heterocycles. The predicted molar refractivity (Wildman–Crippen MR) is 115 cm³/mol. The standard InChI is InChI=1S/C22H28N4O3S/c1-14-20(15-6-9-26(14)10-7-15)25-21(27)16-2-4-17(5-3-16)29-22-24-19(13-30-22)18-12-28-11-8-23-18/h2-5,13-15,18,20,23H,6-12H2,1H3,(H,25,27)/t14-,18?,20-/m0/s1. The topological polar surface area (TPSA) is 75.7 Å². The van der Waals surface area contributed by atoms with Gasteiger partial charge in [-0.3, -0.25) is 9.69 Å². The molecule has 5 heterocycles. The maximum absolute atomic E-state index is 12.8. The molecule has 6 rings (SSSR count). The van der Waals surface area contributed by atoms with E-state index in [1.807, 2.05) is 29.6 Å². The number of piperidine rings is 3. The molecule has 4 saturated heterocycles. The smallest absolute Gasteiger partial charge is 0.278 e. The van der Waals surface area contributed by atoms with E-state index < -0.39 is 0 Å². The van der Waals surface area contributed by atoms with Gasteiger partial charge in [0.15, 0.2) is 0 Å². The maximum atomic E-state index is 12.8. The monoisotopic (exact) mass is 428 g/mol. The highest BCUT2D eigenvalue weighted by Gasteiger charge is 2.40. The molecule has 1 amide bonds. The van der Waals surface area contributed by atoms with Crippen LogP contribution in [0.15, 0.2) is 29.6 Å². The van der Waals surface area contributed by atoms with Gasteiger partial charge in [0, 0.05) is 29.6 Å². The van der Waals surface area contributed by atoms with E-state index in [4.69, 9.17) is 9.47 Å². The summed E-state index contributed by atoms with van der Waals surface area (Å²) in [5.74, 6) is 1.27. The zero-order valence-electron chi connectivity index (χ0n) is 17.2. The van der Waals surface area contributed by atoms with Crippen molar-refractivity contribution in [3.63, 3.8) is 0 Å². The van der Waals surface area contributed by atoms with Crippen LogP contribution in [-0.4, -0.2) is 60.7 Å². The first kappa shape index (κ1) is 19.9. The van der Waals surface area contributed by atoms with Crippen LogP contribution < -0.4 is 15.4 Å². The molecule has 160 valence electrons. The van der Waals surface area contributed by atoms with E-state index in [-0.39, 0.29) is 18.0 Å². The van der Waals surface area contributed by atoms with Crippen LogP contribution in [0.25, 0.3) is 0 Å². The van der Waals surface area contributed by atoms with E-state index in [1.165, 1.54) is 24.2 Å². The first-order chi connectivity index (χ1) is 14.7. The zero-order valence-corrected chi connectivity index (χ0v) is 18.0. The minimum absolute atomic E-state index is 0.00735. The van der Waals surface area contributed by atoms with Crippen LogP contribution >= 0.6 is 11.3 Å². The number of rotatable bonds is 5. The quantitative estimate of drug-likeness (QED) is 0.763. The Morgan fingerprint density at radius 2 is 2.10 bits per heavy atom. The molecule has 1 unspecified atom stereocenters. The molecule has 3 atom stereocenters. The van der Waals surface area contributed by atoms with Gasteiger partial charge in [-0.1, -0.05) is 11.3 Å². The largest absolute Gasteiger partial charge is 0.431 e. The third-order valence-electron chi connectivity index (χ3n) is 6.58. The summed E-state index contributed by atoms with van der Waals surface area (Å²) in [5.41, 5.74) is 1.60. The summed E-state index contributed by atoms with van der Waals surface area (Å²) in [6.07, 6.45) is 2.36. The molecule has 4 aliphatic rings. The Labute approximate surface area is 180 Å². The third-order valence-corrected chi connectivity index (χ3v) is 7.31. The van der Waals surface area contributed by atoms with Crippen molar-refractivity contribution < 1.29 is 14.3 Å². The minimum atomic E-state index is -0.00735. The molecule has 2 N–H and O–H groups in total. The number of carbonyl (C=O) groups excluding carboxylic acids is 1. The number of nitrogens with zero attached hydrogens (tertiary/aromatic N) is 2. The maximum Gasteiger partial charge on any atom is 0.278 e. The SMILES string of the molecule is C[C@H]1[C@H](NC(=O)c2ccc(Oc3nc(C4COCCN4)cs3)cc2)C2CCN1CC2. The number of nitrogens with one attached hydrogen (secondary N) is 2. The van der Waals surface area contributed by atoms with Crippen LogP contribution in [0.5, 0.6) is 10.9 Å². The number of benzene rings is 1. The number of hydrogen-bond donors (Lipinski definition) is 2. The summed E-state index contributed by atoms with van der Waals surface area (Å²) in [6, 6.07) is 8.07. The molecule has 1 aromatic carbocycles. The first-order valence-electron chi connectivity index (χ1n) is 10.8. The van der Waals surface area contributed by atoms with E-state index in [9.17, 15) is 4.79 Å². The molecule has 0 saturated carbocycles.